The summed E-state index contributed by atoms with van der Waals surface area (Å²) in [5.41, 5.74) is 2.96. The van der Waals surface area contributed by atoms with E-state index in [2.05, 4.69) is 21.0 Å². The first-order valence-electron chi connectivity index (χ1n) is 5.49. The number of aryl methyl sites for hydroxylation is 2. The summed E-state index contributed by atoms with van der Waals surface area (Å²) in [7, 11) is 1.87. The molecule has 0 bridgehead atoms. The first kappa shape index (κ1) is 12.3. The van der Waals surface area contributed by atoms with E-state index in [0.29, 0.717) is 6.42 Å². The van der Waals surface area contributed by atoms with E-state index in [0.717, 1.165) is 21.3 Å². The zero-order valence-corrected chi connectivity index (χ0v) is 11.5. The maximum atomic E-state index is 10.1. The third-order valence-corrected chi connectivity index (χ3v) is 3.63. The molecule has 1 unspecified atom stereocenters. The molecule has 1 aromatic heterocycles. The summed E-state index contributed by atoms with van der Waals surface area (Å²) in [5.74, 6) is 0. The van der Waals surface area contributed by atoms with Gasteiger partial charge in [-0.2, -0.15) is 5.10 Å². The molecule has 3 nitrogen and oxygen atoms in total. The van der Waals surface area contributed by atoms with Crippen molar-refractivity contribution >= 4 is 15.9 Å². The van der Waals surface area contributed by atoms with Gasteiger partial charge in [0.1, 0.15) is 0 Å². The van der Waals surface area contributed by atoms with Gasteiger partial charge in [-0.1, -0.05) is 28.1 Å². The summed E-state index contributed by atoms with van der Waals surface area (Å²) in [6.07, 6.45) is 1.92. The Morgan fingerprint density at radius 2 is 2.18 bits per heavy atom. The number of aromatic nitrogens is 2. The third-order valence-electron chi connectivity index (χ3n) is 2.74. The average Bonchev–Trinajstić information content (AvgIpc) is 2.68. The minimum Gasteiger partial charge on any atom is -0.388 e. The van der Waals surface area contributed by atoms with Gasteiger partial charge in [0.2, 0.25) is 0 Å². The summed E-state index contributed by atoms with van der Waals surface area (Å²) < 4.78 is 2.81. The van der Waals surface area contributed by atoms with Gasteiger partial charge < -0.3 is 5.11 Å². The Bertz CT molecular complexity index is 522. The van der Waals surface area contributed by atoms with Crippen molar-refractivity contribution in [1.29, 1.82) is 0 Å². The zero-order valence-electron chi connectivity index (χ0n) is 9.89. The van der Waals surface area contributed by atoms with Crippen LogP contribution in [0.25, 0.3) is 0 Å². The smallest absolute Gasteiger partial charge is 0.0846 e. The lowest BCUT2D eigenvalue weighted by molar-refractivity contribution is 0.177. The van der Waals surface area contributed by atoms with Crippen LogP contribution in [-0.4, -0.2) is 14.9 Å². The second-order valence-electron chi connectivity index (χ2n) is 4.21. The maximum Gasteiger partial charge on any atom is 0.0846 e. The van der Waals surface area contributed by atoms with Gasteiger partial charge in [-0.15, -0.1) is 0 Å². The van der Waals surface area contributed by atoms with E-state index in [-0.39, 0.29) is 0 Å². The van der Waals surface area contributed by atoms with Crippen molar-refractivity contribution in [1.82, 2.24) is 9.78 Å². The van der Waals surface area contributed by atoms with E-state index in [1.165, 1.54) is 0 Å². The monoisotopic (exact) mass is 294 g/mol. The summed E-state index contributed by atoms with van der Waals surface area (Å²) in [5, 5.41) is 14.4. The molecule has 1 N–H and O–H groups in total. The Labute approximate surface area is 109 Å². The van der Waals surface area contributed by atoms with Crippen LogP contribution in [0.5, 0.6) is 0 Å². The van der Waals surface area contributed by atoms with Crippen LogP contribution in [0.3, 0.4) is 0 Å². The highest BCUT2D eigenvalue weighted by Gasteiger charge is 2.11. The lowest BCUT2D eigenvalue weighted by Gasteiger charge is -2.11. The molecule has 0 saturated carbocycles. The average molecular weight is 295 g/mol. The molecule has 0 amide bonds. The topological polar surface area (TPSA) is 38.0 Å². The molecule has 0 fully saturated rings. The highest BCUT2D eigenvalue weighted by Crippen LogP contribution is 2.23. The predicted molar refractivity (Wildman–Crippen MR) is 70.8 cm³/mol. The van der Waals surface area contributed by atoms with Crippen LogP contribution in [-0.2, 0) is 13.5 Å². The van der Waals surface area contributed by atoms with Crippen LogP contribution in [0.1, 0.15) is 22.9 Å². The number of rotatable bonds is 3. The Balaban J connectivity index is 2.14. The first-order chi connectivity index (χ1) is 8.06. The standard InChI is InChI=1S/C13H15BrN2O/c1-9-7-10(3-4-12(9)14)13(17)8-11-5-6-16(2)15-11/h3-7,13,17H,8H2,1-2H3. The molecule has 0 spiro atoms. The molecular weight excluding hydrogens is 280 g/mol. The molecule has 90 valence electrons. The number of aliphatic hydroxyl groups excluding tert-OH is 1. The van der Waals surface area contributed by atoms with Crippen LogP contribution in [0.15, 0.2) is 34.9 Å². The van der Waals surface area contributed by atoms with Gasteiger partial charge >= 0.3 is 0 Å². The summed E-state index contributed by atoms with van der Waals surface area (Å²) in [6.45, 7) is 2.01. The van der Waals surface area contributed by atoms with Gasteiger partial charge in [0, 0.05) is 24.1 Å². The lowest BCUT2D eigenvalue weighted by Crippen LogP contribution is -2.03. The van der Waals surface area contributed by atoms with Crippen molar-refractivity contribution in [2.75, 3.05) is 0 Å². The van der Waals surface area contributed by atoms with Gasteiger partial charge in [-0.05, 0) is 30.2 Å². The fraction of sp³-hybridized carbons (Fsp3) is 0.308. The van der Waals surface area contributed by atoms with Crippen molar-refractivity contribution in [3.63, 3.8) is 0 Å². The molecule has 4 heteroatoms. The number of benzene rings is 1. The second-order valence-corrected chi connectivity index (χ2v) is 5.06. The molecular formula is C13H15BrN2O. The first-order valence-corrected chi connectivity index (χ1v) is 6.28. The summed E-state index contributed by atoms with van der Waals surface area (Å²) in [4.78, 5) is 0. The highest BCUT2D eigenvalue weighted by atomic mass is 79.9. The van der Waals surface area contributed by atoms with Gasteiger partial charge in [0.25, 0.3) is 0 Å². The van der Waals surface area contributed by atoms with E-state index in [9.17, 15) is 5.11 Å². The largest absolute Gasteiger partial charge is 0.388 e. The van der Waals surface area contributed by atoms with E-state index in [1.807, 2.05) is 44.4 Å². The number of hydrogen-bond acceptors (Lipinski definition) is 2. The maximum absolute atomic E-state index is 10.1. The van der Waals surface area contributed by atoms with Crippen molar-refractivity contribution in [3.05, 3.63) is 51.8 Å². The molecule has 1 heterocycles. The molecule has 0 saturated heterocycles. The number of halogens is 1. The predicted octanol–water partition coefficient (Wildman–Crippen LogP) is 2.77. The molecule has 0 aliphatic heterocycles. The molecule has 1 aromatic carbocycles. The summed E-state index contributed by atoms with van der Waals surface area (Å²) in [6, 6.07) is 7.82. The molecule has 17 heavy (non-hydrogen) atoms. The number of aliphatic hydroxyl groups is 1. The minimum absolute atomic E-state index is 0.503. The quantitative estimate of drug-likeness (QED) is 0.945. The highest BCUT2D eigenvalue weighted by molar-refractivity contribution is 9.10. The molecule has 0 aliphatic rings. The molecule has 0 aliphatic carbocycles. The van der Waals surface area contributed by atoms with Gasteiger partial charge in [-0.3, -0.25) is 4.68 Å². The molecule has 2 rings (SSSR count). The lowest BCUT2D eigenvalue weighted by atomic mass is 10.0. The third kappa shape index (κ3) is 2.96. The van der Waals surface area contributed by atoms with Crippen molar-refractivity contribution in [3.8, 4) is 0 Å². The van der Waals surface area contributed by atoms with Crippen molar-refractivity contribution in [2.45, 2.75) is 19.4 Å². The van der Waals surface area contributed by atoms with Crippen LogP contribution in [0, 0.1) is 6.92 Å². The van der Waals surface area contributed by atoms with Crippen LogP contribution in [0.2, 0.25) is 0 Å². The molecule has 2 aromatic rings. The van der Waals surface area contributed by atoms with E-state index in [4.69, 9.17) is 0 Å². The Kier molecular flexibility index (Phi) is 3.64. The SMILES string of the molecule is Cc1cc(C(O)Cc2ccn(C)n2)ccc1Br. The number of nitrogens with zero attached hydrogens (tertiary/aromatic N) is 2. The summed E-state index contributed by atoms with van der Waals surface area (Å²) >= 11 is 3.45. The Hall–Kier alpha value is -1.13. The van der Waals surface area contributed by atoms with Crippen molar-refractivity contribution < 1.29 is 5.11 Å². The van der Waals surface area contributed by atoms with Crippen molar-refractivity contribution in [2.24, 2.45) is 7.05 Å². The van der Waals surface area contributed by atoms with Gasteiger partial charge in [-0.25, -0.2) is 0 Å². The second kappa shape index (κ2) is 5.02. The van der Waals surface area contributed by atoms with Crippen LogP contribution >= 0.6 is 15.9 Å². The van der Waals surface area contributed by atoms with Crippen LogP contribution in [0.4, 0.5) is 0 Å². The van der Waals surface area contributed by atoms with Gasteiger partial charge in [0.05, 0.1) is 11.8 Å². The zero-order chi connectivity index (χ0) is 12.4. The Morgan fingerprint density at radius 3 is 2.76 bits per heavy atom. The fourth-order valence-electron chi connectivity index (χ4n) is 1.76. The fourth-order valence-corrected chi connectivity index (χ4v) is 2.01. The minimum atomic E-state index is -0.503. The van der Waals surface area contributed by atoms with E-state index < -0.39 is 6.10 Å². The van der Waals surface area contributed by atoms with Crippen LogP contribution < -0.4 is 0 Å². The number of hydrogen-bond donors (Lipinski definition) is 1. The van der Waals surface area contributed by atoms with E-state index in [1.54, 1.807) is 4.68 Å². The molecule has 1 atom stereocenters. The van der Waals surface area contributed by atoms with E-state index >= 15 is 0 Å². The normalized spacial score (nSPS) is 12.7. The molecule has 0 radical (unpaired) electrons. The Morgan fingerprint density at radius 1 is 1.41 bits per heavy atom. The van der Waals surface area contributed by atoms with Gasteiger partial charge in [0.15, 0.2) is 0 Å².